The van der Waals surface area contributed by atoms with Crippen molar-refractivity contribution >= 4 is 11.8 Å². The number of benzene rings is 2. The van der Waals surface area contributed by atoms with Gasteiger partial charge >= 0.3 is 0 Å². The largest absolute Gasteiger partial charge is 0.336 e. The molecule has 2 aliphatic rings. The Bertz CT molecular complexity index is 755. The van der Waals surface area contributed by atoms with Gasteiger partial charge in [0, 0.05) is 76.6 Å². The molecule has 6 nitrogen and oxygen atoms in total. The van der Waals surface area contributed by atoms with Gasteiger partial charge in [-0.25, -0.2) is 0 Å². The molecule has 0 spiro atoms. The van der Waals surface area contributed by atoms with E-state index < -0.39 is 0 Å². The maximum Gasteiger partial charge on any atom is 0.253 e. The zero-order chi connectivity index (χ0) is 20.8. The number of hydrogen-bond donors (Lipinski definition) is 0. The van der Waals surface area contributed by atoms with Crippen LogP contribution in [0, 0.1) is 0 Å². The molecule has 158 valence electrons. The van der Waals surface area contributed by atoms with Crippen LogP contribution >= 0.6 is 0 Å². The van der Waals surface area contributed by atoms with Gasteiger partial charge in [-0.15, -0.1) is 0 Å². The maximum atomic E-state index is 12.6. The van der Waals surface area contributed by atoms with E-state index in [-0.39, 0.29) is 11.8 Å². The van der Waals surface area contributed by atoms with Crippen molar-refractivity contribution in [1.82, 2.24) is 19.6 Å². The highest BCUT2D eigenvalue weighted by Crippen LogP contribution is 2.11. The van der Waals surface area contributed by atoms with Crippen LogP contribution in [0.5, 0.6) is 0 Å². The minimum absolute atomic E-state index is 0.134. The molecule has 2 aromatic carbocycles. The van der Waals surface area contributed by atoms with E-state index >= 15 is 0 Å². The van der Waals surface area contributed by atoms with Crippen LogP contribution in [-0.4, -0.2) is 96.9 Å². The fourth-order valence-corrected chi connectivity index (χ4v) is 4.16. The Morgan fingerprint density at radius 1 is 0.533 bits per heavy atom. The molecule has 2 heterocycles. The third kappa shape index (κ3) is 5.07. The fraction of sp³-hybridized carbons (Fsp3) is 0.417. The summed E-state index contributed by atoms with van der Waals surface area (Å²) < 4.78 is 0. The molecular formula is C24H30N4O2. The summed E-state index contributed by atoms with van der Waals surface area (Å²) in [7, 11) is 0. The topological polar surface area (TPSA) is 47.1 Å². The second kappa shape index (κ2) is 9.87. The van der Waals surface area contributed by atoms with Gasteiger partial charge in [0.2, 0.25) is 0 Å². The molecule has 2 aliphatic heterocycles. The molecule has 2 saturated heterocycles. The predicted octanol–water partition coefficient (Wildman–Crippen LogP) is 1.90. The molecule has 0 unspecified atom stereocenters. The van der Waals surface area contributed by atoms with E-state index in [2.05, 4.69) is 9.80 Å². The zero-order valence-corrected chi connectivity index (χ0v) is 17.4. The fourth-order valence-electron chi connectivity index (χ4n) is 4.16. The summed E-state index contributed by atoms with van der Waals surface area (Å²) in [5, 5.41) is 0. The van der Waals surface area contributed by atoms with Crippen LogP contribution in [0.25, 0.3) is 0 Å². The highest BCUT2D eigenvalue weighted by Gasteiger charge is 2.24. The molecule has 4 rings (SSSR count). The molecule has 0 aliphatic carbocycles. The summed E-state index contributed by atoms with van der Waals surface area (Å²) in [5.74, 6) is 0.268. The van der Waals surface area contributed by atoms with Gasteiger partial charge in [-0.1, -0.05) is 36.4 Å². The van der Waals surface area contributed by atoms with Crippen molar-refractivity contribution in [1.29, 1.82) is 0 Å². The predicted molar refractivity (Wildman–Crippen MR) is 118 cm³/mol. The molecule has 6 heteroatoms. The Kier molecular flexibility index (Phi) is 6.77. The molecule has 30 heavy (non-hydrogen) atoms. The van der Waals surface area contributed by atoms with Gasteiger partial charge in [-0.2, -0.15) is 0 Å². The lowest BCUT2D eigenvalue weighted by Crippen LogP contribution is -2.53. The maximum absolute atomic E-state index is 12.6. The standard InChI is InChI=1S/C24H30N4O2/c29-23(21-7-3-1-4-8-21)27-17-13-25(14-18-27)11-12-26-15-19-28(20-16-26)24(30)22-9-5-2-6-10-22/h1-10H,11-20H2. The summed E-state index contributed by atoms with van der Waals surface area (Å²) in [6, 6.07) is 19.1. The zero-order valence-electron chi connectivity index (χ0n) is 17.4. The highest BCUT2D eigenvalue weighted by atomic mass is 16.2. The third-order valence-electron chi connectivity index (χ3n) is 6.09. The smallest absolute Gasteiger partial charge is 0.253 e. The second-order valence-electron chi connectivity index (χ2n) is 8.00. The SMILES string of the molecule is O=C(c1ccccc1)N1CCN(CCN2CCN(C(=O)c3ccccc3)CC2)CC1. The summed E-state index contributed by atoms with van der Waals surface area (Å²) in [6.45, 7) is 8.85. The molecule has 2 aromatic rings. The van der Waals surface area contributed by atoms with Gasteiger partial charge in [0.25, 0.3) is 11.8 Å². The van der Waals surface area contributed by atoms with Gasteiger partial charge in [0.15, 0.2) is 0 Å². The average Bonchev–Trinajstić information content (AvgIpc) is 2.83. The number of nitrogens with zero attached hydrogens (tertiary/aromatic N) is 4. The lowest BCUT2D eigenvalue weighted by atomic mass is 10.2. The van der Waals surface area contributed by atoms with Crippen molar-refractivity contribution in [3.8, 4) is 0 Å². The van der Waals surface area contributed by atoms with Crippen LogP contribution in [0.1, 0.15) is 20.7 Å². The van der Waals surface area contributed by atoms with E-state index in [1.54, 1.807) is 0 Å². The highest BCUT2D eigenvalue weighted by molar-refractivity contribution is 5.94. The number of hydrogen-bond acceptors (Lipinski definition) is 4. The van der Waals surface area contributed by atoms with Crippen molar-refractivity contribution in [3.63, 3.8) is 0 Å². The van der Waals surface area contributed by atoms with Crippen molar-refractivity contribution in [2.45, 2.75) is 0 Å². The lowest BCUT2D eigenvalue weighted by molar-refractivity contribution is 0.0555. The first kappa shape index (κ1) is 20.6. The summed E-state index contributed by atoms with van der Waals surface area (Å²) in [5.41, 5.74) is 1.54. The number of piperazine rings is 2. The van der Waals surface area contributed by atoms with Crippen LogP contribution in [0.15, 0.2) is 60.7 Å². The Morgan fingerprint density at radius 3 is 1.20 bits per heavy atom. The number of rotatable bonds is 5. The van der Waals surface area contributed by atoms with E-state index in [1.165, 1.54) is 0 Å². The van der Waals surface area contributed by atoms with Gasteiger partial charge in [-0.05, 0) is 24.3 Å². The monoisotopic (exact) mass is 406 g/mol. The van der Waals surface area contributed by atoms with Gasteiger partial charge in [-0.3, -0.25) is 19.4 Å². The van der Waals surface area contributed by atoms with Crippen LogP contribution in [-0.2, 0) is 0 Å². The summed E-state index contributed by atoms with van der Waals surface area (Å²) in [6.07, 6.45) is 0. The Morgan fingerprint density at radius 2 is 0.867 bits per heavy atom. The minimum atomic E-state index is 0.134. The number of amides is 2. The quantitative estimate of drug-likeness (QED) is 0.761. The molecule has 0 bridgehead atoms. The first-order valence-corrected chi connectivity index (χ1v) is 10.8. The minimum Gasteiger partial charge on any atom is -0.336 e. The molecule has 2 fully saturated rings. The van der Waals surface area contributed by atoms with Crippen LogP contribution < -0.4 is 0 Å². The van der Waals surface area contributed by atoms with Crippen LogP contribution in [0.4, 0.5) is 0 Å². The number of carbonyl (C=O) groups is 2. The Balaban J connectivity index is 1.16. The Hall–Kier alpha value is -2.70. The van der Waals surface area contributed by atoms with Crippen LogP contribution in [0.2, 0.25) is 0 Å². The summed E-state index contributed by atoms with van der Waals surface area (Å²) in [4.78, 5) is 33.9. The molecule has 0 aromatic heterocycles. The first-order valence-electron chi connectivity index (χ1n) is 10.8. The van der Waals surface area contributed by atoms with E-state index in [0.29, 0.717) is 0 Å². The van der Waals surface area contributed by atoms with Crippen molar-refractivity contribution in [2.75, 3.05) is 65.4 Å². The van der Waals surface area contributed by atoms with Gasteiger partial charge in [0.1, 0.15) is 0 Å². The normalized spacial score (nSPS) is 18.4. The third-order valence-corrected chi connectivity index (χ3v) is 6.09. The second-order valence-corrected chi connectivity index (χ2v) is 8.00. The average molecular weight is 407 g/mol. The van der Waals surface area contributed by atoms with Gasteiger partial charge < -0.3 is 9.80 Å². The van der Waals surface area contributed by atoms with E-state index in [4.69, 9.17) is 0 Å². The lowest BCUT2D eigenvalue weighted by Gasteiger charge is -2.38. The molecule has 0 N–H and O–H groups in total. The first-order chi connectivity index (χ1) is 14.7. The van der Waals surface area contributed by atoms with Crippen molar-refractivity contribution < 1.29 is 9.59 Å². The molecule has 0 atom stereocenters. The summed E-state index contributed by atoms with van der Waals surface area (Å²) >= 11 is 0. The van der Waals surface area contributed by atoms with Crippen molar-refractivity contribution in [3.05, 3.63) is 71.8 Å². The van der Waals surface area contributed by atoms with Crippen LogP contribution in [0.3, 0.4) is 0 Å². The van der Waals surface area contributed by atoms with E-state index in [0.717, 1.165) is 76.6 Å². The molecule has 2 amide bonds. The van der Waals surface area contributed by atoms with E-state index in [9.17, 15) is 9.59 Å². The Labute approximate surface area is 178 Å². The van der Waals surface area contributed by atoms with E-state index in [1.807, 2.05) is 70.5 Å². The molecule has 0 radical (unpaired) electrons. The number of carbonyl (C=O) groups excluding carboxylic acids is 2. The van der Waals surface area contributed by atoms with Gasteiger partial charge in [0.05, 0.1) is 0 Å². The molecular weight excluding hydrogens is 376 g/mol. The molecule has 0 saturated carbocycles. The van der Waals surface area contributed by atoms with Crippen molar-refractivity contribution in [2.24, 2.45) is 0 Å².